The topological polar surface area (TPSA) is 49.4 Å². The molecule has 152 valence electrons. The molecular weight excluding hydrogens is 402 g/mol. The highest BCUT2D eigenvalue weighted by molar-refractivity contribution is 7.98. The summed E-state index contributed by atoms with van der Waals surface area (Å²) in [6.45, 7) is 2.92. The van der Waals surface area contributed by atoms with Gasteiger partial charge in [0.2, 0.25) is 10.0 Å². The Morgan fingerprint density at radius 3 is 2.54 bits per heavy atom. The van der Waals surface area contributed by atoms with E-state index in [1.807, 2.05) is 12.1 Å². The van der Waals surface area contributed by atoms with E-state index in [4.69, 9.17) is 0 Å². The highest BCUT2D eigenvalue weighted by Gasteiger charge is 2.24. The van der Waals surface area contributed by atoms with E-state index < -0.39 is 26.6 Å². The summed E-state index contributed by atoms with van der Waals surface area (Å²) in [4.78, 5) is 3.14. The van der Waals surface area contributed by atoms with Crippen molar-refractivity contribution < 1.29 is 17.2 Å². The van der Waals surface area contributed by atoms with E-state index in [9.17, 15) is 17.2 Å². The first-order valence-corrected chi connectivity index (χ1v) is 11.9. The summed E-state index contributed by atoms with van der Waals surface area (Å²) in [6.07, 6.45) is 3.81. The molecule has 2 aromatic rings. The highest BCUT2D eigenvalue weighted by atomic mass is 32.2. The van der Waals surface area contributed by atoms with Crippen molar-refractivity contribution in [1.82, 2.24) is 9.62 Å². The Bertz CT molecular complexity index is 914. The summed E-state index contributed by atoms with van der Waals surface area (Å²) in [5, 5.41) is 0. The number of sulfonamides is 1. The van der Waals surface area contributed by atoms with Crippen molar-refractivity contribution in [3.8, 4) is 0 Å². The Kier molecular flexibility index (Phi) is 7.09. The fourth-order valence-electron chi connectivity index (χ4n) is 3.42. The van der Waals surface area contributed by atoms with Crippen LogP contribution in [0.2, 0.25) is 0 Å². The molecule has 0 spiro atoms. The number of nitrogens with one attached hydrogen (secondary N) is 1. The van der Waals surface area contributed by atoms with Gasteiger partial charge in [0.1, 0.15) is 16.5 Å². The Morgan fingerprint density at radius 2 is 1.86 bits per heavy atom. The number of piperidine rings is 1. The minimum absolute atomic E-state index is 0.199. The zero-order valence-electron chi connectivity index (χ0n) is 15.7. The van der Waals surface area contributed by atoms with E-state index in [1.165, 1.54) is 10.5 Å². The van der Waals surface area contributed by atoms with Crippen LogP contribution in [0, 0.1) is 17.6 Å². The van der Waals surface area contributed by atoms with Gasteiger partial charge in [0.25, 0.3) is 0 Å². The number of nitrogens with zero attached hydrogens (tertiary/aromatic N) is 1. The van der Waals surface area contributed by atoms with Gasteiger partial charge in [-0.05, 0) is 61.9 Å². The van der Waals surface area contributed by atoms with Gasteiger partial charge in [0.15, 0.2) is 0 Å². The summed E-state index contributed by atoms with van der Waals surface area (Å²) < 4.78 is 53.8. The average Bonchev–Trinajstić information content (AvgIpc) is 2.67. The van der Waals surface area contributed by atoms with E-state index in [1.54, 1.807) is 11.8 Å². The molecule has 0 aliphatic carbocycles. The van der Waals surface area contributed by atoms with Crippen molar-refractivity contribution in [2.24, 2.45) is 5.92 Å². The Hall–Kier alpha value is -1.48. The molecule has 1 fully saturated rings. The molecular formula is C20H24F2N2O2S2. The SMILES string of the molecule is CSc1ccccc1CN1CCC(CNS(=O)(=O)c2ccc(F)cc2F)CC1. The van der Waals surface area contributed by atoms with E-state index in [0.29, 0.717) is 6.07 Å². The molecule has 0 unspecified atom stereocenters. The highest BCUT2D eigenvalue weighted by Crippen LogP contribution is 2.24. The third-order valence-electron chi connectivity index (χ3n) is 5.04. The number of hydrogen-bond acceptors (Lipinski definition) is 4. The van der Waals surface area contributed by atoms with Crippen LogP contribution >= 0.6 is 11.8 Å². The monoisotopic (exact) mass is 426 g/mol. The normalized spacial score (nSPS) is 16.4. The van der Waals surface area contributed by atoms with Gasteiger partial charge in [0.05, 0.1) is 0 Å². The maximum atomic E-state index is 13.8. The lowest BCUT2D eigenvalue weighted by molar-refractivity contribution is 0.177. The molecule has 2 aromatic carbocycles. The standard InChI is InChI=1S/C20H24F2N2O2S2/c1-27-19-5-3-2-4-16(19)14-24-10-8-15(9-11-24)13-23-28(25,26)20-7-6-17(21)12-18(20)22/h2-7,12,15,23H,8-11,13-14H2,1H3. The quantitative estimate of drug-likeness (QED) is 0.683. The third-order valence-corrected chi connectivity index (χ3v) is 7.33. The Labute approximate surface area is 169 Å². The zero-order valence-corrected chi connectivity index (χ0v) is 17.3. The molecule has 0 saturated carbocycles. The van der Waals surface area contributed by atoms with Crippen LogP contribution in [-0.2, 0) is 16.6 Å². The molecule has 0 amide bonds. The molecule has 0 radical (unpaired) electrons. The van der Waals surface area contributed by atoms with Crippen molar-refractivity contribution >= 4 is 21.8 Å². The van der Waals surface area contributed by atoms with Gasteiger partial charge in [0, 0.05) is 24.1 Å². The van der Waals surface area contributed by atoms with E-state index in [0.717, 1.165) is 44.6 Å². The van der Waals surface area contributed by atoms with Crippen LogP contribution in [0.25, 0.3) is 0 Å². The van der Waals surface area contributed by atoms with Crippen LogP contribution in [0.5, 0.6) is 0 Å². The van der Waals surface area contributed by atoms with Crippen LogP contribution in [-0.4, -0.2) is 39.2 Å². The van der Waals surface area contributed by atoms with Crippen molar-refractivity contribution in [2.75, 3.05) is 25.9 Å². The first kappa shape index (κ1) is 21.2. The van der Waals surface area contributed by atoms with Crippen molar-refractivity contribution in [1.29, 1.82) is 0 Å². The van der Waals surface area contributed by atoms with E-state index in [2.05, 4.69) is 28.0 Å². The van der Waals surface area contributed by atoms with Gasteiger partial charge in [-0.1, -0.05) is 18.2 Å². The van der Waals surface area contributed by atoms with Gasteiger partial charge in [-0.25, -0.2) is 21.9 Å². The fourth-order valence-corrected chi connectivity index (χ4v) is 5.20. The minimum Gasteiger partial charge on any atom is -0.299 e. The molecule has 1 aliphatic rings. The molecule has 1 N–H and O–H groups in total. The molecule has 28 heavy (non-hydrogen) atoms. The lowest BCUT2D eigenvalue weighted by atomic mass is 9.97. The molecule has 0 aromatic heterocycles. The lowest BCUT2D eigenvalue weighted by Gasteiger charge is -2.32. The van der Waals surface area contributed by atoms with Crippen molar-refractivity contribution in [3.63, 3.8) is 0 Å². The summed E-state index contributed by atoms with van der Waals surface area (Å²) in [6, 6.07) is 10.8. The number of thioether (sulfide) groups is 1. The molecule has 0 bridgehead atoms. The van der Waals surface area contributed by atoms with Crippen LogP contribution in [0.4, 0.5) is 8.78 Å². The molecule has 1 aliphatic heterocycles. The first-order chi connectivity index (χ1) is 13.4. The van der Waals surface area contributed by atoms with Crippen LogP contribution < -0.4 is 4.72 Å². The smallest absolute Gasteiger partial charge is 0.243 e. The summed E-state index contributed by atoms with van der Waals surface area (Å²) in [7, 11) is -3.99. The molecule has 8 heteroatoms. The lowest BCUT2D eigenvalue weighted by Crippen LogP contribution is -2.38. The largest absolute Gasteiger partial charge is 0.299 e. The third kappa shape index (κ3) is 5.31. The maximum Gasteiger partial charge on any atom is 0.243 e. The fraction of sp³-hybridized carbons (Fsp3) is 0.400. The summed E-state index contributed by atoms with van der Waals surface area (Å²) >= 11 is 1.74. The molecule has 1 saturated heterocycles. The number of benzene rings is 2. The van der Waals surface area contributed by atoms with Crippen LogP contribution in [0.3, 0.4) is 0 Å². The average molecular weight is 427 g/mol. The van der Waals surface area contributed by atoms with Crippen LogP contribution in [0.1, 0.15) is 18.4 Å². The van der Waals surface area contributed by atoms with Crippen LogP contribution in [0.15, 0.2) is 52.3 Å². The number of likely N-dealkylation sites (tertiary alicyclic amines) is 1. The summed E-state index contributed by atoms with van der Waals surface area (Å²) in [5.74, 6) is -1.67. The second-order valence-electron chi connectivity index (χ2n) is 6.96. The Balaban J connectivity index is 1.51. The molecule has 1 heterocycles. The van der Waals surface area contributed by atoms with Crippen molar-refractivity contribution in [3.05, 3.63) is 59.7 Å². The van der Waals surface area contributed by atoms with E-state index in [-0.39, 0.29) is 12.5 Å². The zero-order chi connectivity index (χ0) is 20.1. The maximum absolute atomic E-state index is 13.8. The van der Waals surface area contributed by atoms with Gasteiger partial charge >= 0.3 is 0 Å². The minimum atomic E-state index is -3.99. The number of halogens is 2. The number of hydrogen-bond donors (Lipinski definition) is 1. The molecule has 3 rings (SSSR count). The van der Waals surface area contributed by atoms with Gasteiger partial charge in [-0.3, -0.25) is 4.90 Å². The first-order valence-electron chi connectivity index (χ1n) is 9.18. The van der Waals surface area contributed by atoms with E-state index >= 15 is 0 Å². The predicted molar refractivity (Wildman–Crippen MR) is 108 cm³/mol. The number of rotatable bonds is 7. The summed E-state index contributed by atoms with van der Waals surface area (Å²) in [5.41, 5.74) is 1.31. The second kappa shape index (κ2) is 9.35. The predicted octanol–water partition coefficient (Wildman–Crippen LogP) is 3.88. The second-order valence-corrected chi connectivity index (χ2v) is 9.54. The molecule has 4 nitrogen and oxygen atoms in total. The Morgan fingerprint density at radius 1 is 1.14 bits per heavy atom. The van der Waals surface area contributed by atoms with Crippen molar-refractivity contribution in [2.45, 2.75) is 29.2 Å². The van der Waals surface area contributed by atoms with Gasteiger partial charge in [-0.15, -0.1) is 11.8 Å². The van der Waals surface area contributed by atoms with Gasteiger partial charge in [-0.2, -0.15) is 0 Å². The molecule has 0 atom stereocenters. The van der Waals surface area contributed by atoms with Gasteiger partial charge < -0.3 is 0 Å².